The van der Waals surface area contributed by atoms with Gasteiger partial charge in [0.25, 0.3) is 5.89 Å². The highest BCUT2D eigenvalue weighted by Crippen LogP contribution is 2.25. The first-order chi connectivity index (χ1) is 10.6. The molecule has 0 unspecified atom stereocenters. The topological polar surface area (TPSA) is 76.7 Å². The van der Waals surface area contributed by atoms with E-state index in [0.717, 1.165) is 6.07 Å². The molecular weight excluding hydrogens is 319 g/mol. The zero-order valence-corrected chi connectivity index (χ0v) is 11.6. The van der Waals surface area contributed by atoms with Gasteiger partial charge in [0.05, 0.1) is 0 Å². The van der Waals surface area contributed by atoms with Gasteiger partial charge in [-0.3, -0.25) is 0 Å². The molecular formula is C12H8F3N5OS. The van der Waals surface area contributed by atoms with Crippen LogP contribution in [0.3, 0.4) is 0 Å². The fraction of sp³-hybridized carbons (Fsp3) is 0.167. The molecule has 3 rings (SSSR count). The Hall–Kier alpha value is -2.49. The maximum atomic E-state index is 14.0. The van der Waals surface area contributed by atoms with Crippen LogP contribution in [0, 0.1) is 5.82 Å². The normalized spacial score (nSPS) is 11.1. The predicted molar refractivity (Wildman–Crippen MR) is 71.9 cm³/mol. The lowest BCUT2D eigenvalue weighted by atomic mass is 10.1. The minimum atomic E-state index is -2.86. The second-order valence-electron chi connectivity index (χ2n) is 4.15. The molecule has 0 spiro atoms. The molecule has 0 saturated carbocycles. The molecule has 10 heteroatoms. The average Bonchev–Trinajstić information content (AvgIpc) is 3.17. The molecule has 3 aromatic rings. The second kappa shape index (κ2) is 6.10. The van der Waals surface area contributed by atoms with Crippen molar-refractivity contribution in [2.24, 2.45) is 0 Å². The van der Waals surface area contributed by atoms with Crippen molar-refractivity contribution in [3.63, 3.8) is 0 Å². The van der Waals surface area contributed by atoms with E-state index in [1.165, 1.54) is 23.5 Å². The summed E-state index contributed by atoms with van der Waals surface area (Å²) in [5, 5.41) is 17.6. The lowest BCUT2D eigenvalue weighted by Crippen LogP contribution is -2.01. The number of benzene rings is 1. The molecule has 0 fully saturated rings. The third-order valence-electron chi connectivity index (χ3n) is 2.72. The van der Waals surface area contributed by atoms with Gasteiger partial charge in [-0.2, -0.15) is 8.78 Å². The van der Waals surface area contributed by atoms with E-state index in [1.807, 2.05) is 0 Å². The van der Waals surface area contributed by atoms with Gasteiger partial charge < -0.3 is 9.73 Å². The van der Waals surface area contributed by atoms with Crippen molar-refractivity contribution >= 4 is 16.5 Å². The molecule has 0 aliphatic rings. The molecule has 1 aromatic carbocycles. The molecule has 114 valence electrons. The monoisotopic (exact) mass is 327 g/mol. The number of nitrogens with one attached hydrogen (secondary N) is 1. The standard InChI is InChI=1S/C12H8F3N5OS/c13-8-3-6(10-18-19-11(21-10)9(14)15)1-2-7(8)4-16-12-20-17-5-22-12/h1-3,5,9H,4H2,(H,16,20). The van der Waals surface area contributed by atoms with Crippen molar-refractivity contribution < 1.29 is 17.6 Å². The average molecular weight is 327 g/mol. The van der Waals surface area contributed by atoms with E-state index in [9.17, 15) is 13.2 Å². The first-order valence-electron chi connectivity index (χ1n) is 6.04. The van der Waals surface area contributed by atoms with Gasteiger partial charge in [0, 0.05) is 17.7 Å². The zero-order chi connectivity index (χ0) is 15.5. The van der Waals surface area contributed by atoms with Gasteiger partial charge in [-0.15, -0.1) is 20.4 Å². The fourth-order valence-corrected chi connectivity index (χ4v) is 2.13. The maximum Gasteiger partial charge on any atom is 0.314 e. The zero-order valence-electron chi connectivity index (χ0n) is 10.8. The molecule has 6 nitrogen and oxygen atoms in total. The Balaban J connectivity index is 1.76. The van der Waals surface area contributed by atoms with Crippen LogP contribution in [0.15, 0.2) is 28.1 Å². The van der Waals surface area contributed by atoms with Crippen LogP contribution in [0.2, 0.25) is 0 Å². The molecule has 1 N–H and O–H groups in total. The Morgan fingerprint density at radius 2 is 2.09 bits per heavy atom. The summed E-state index contributed by atoms with van der Waals surface area (Å²) in [4.78, 5) is 0. The predicted octanol–water partition coefficient (Wildman–Crippen LogP) is 3.28. The van der Waals surface area contributed by atoms with Gasteiger partial charge in [-0.1, -0.05) is 17.4 Å². The molecule has 0 atom stereocenters. The number of alkyl halides is 2. The van der Waals surface area contributed by atoms with Crippen molar-refractivity contribution in [3.05, 3.63) is 41.0 Å². The highest BCUT2D eigenvalue weighted by Gasteiger charge is 2.17. The van der Waals surface area contributed by atoms with E-state index in [1.54, 1.807) is 5.51 Å². The molecule has 0 amide bonds. The highest BCUT2D eigenvalue weighted by atomic mass is 32.1. The Labute approximate surface area is 126 Å². The summed E-state index contributed by atoms with van der Waals surface area (Å²) in [6, 6.07) is 4.17. The lowest BCUT2D eigenvalue weighted by molar-refractivity contribution is 0.116. The lowest BCUT2D eigenvalue weighted by Gasteiger charge is -2.05. The number of hydrogen-bond donors (Lipinski definition) is 1. The maximum absolute atomic E-state index is 14.0. The van der Waals surface area contributed by atoms with Crippen LogP contribution in [0.1, 0.15) is 17.9 Å². The molecule has 0 aliphatic heterocycles. The quantitative estimate of drug-likeness (QED) is 0.775. The summed E-state index contributed by atoms with van der Waals surface area (Å²) in [5.41, 5.74) is 2.17. The van der Waals surface area contributed by atoms with Crippen molar-refractivity contribution in [3.8, 4) is 11.5 Å². The third kappa shape index (κ3) is 3.06. The van der Waals surface area contributed by atoms with Crippen LogP contribution < -0.4 is 5.32 Å². The van der Waals surface area contributed by atoms with Crippen molar-refractivity contribution in [2.75, 3.05) is 5.32 Å². The third-order valence-corrected chi connectivity index (χ3v) is 3.37. The summed E-state index contributed by atoms with van der Waals surface area (Å²) < 4.78 is 43.6. The molecule has 2 aromatic heterocycles. The summed E-state index contributed by atoms with van der Waals surface area (Å²) in [7, 11) is 0. The van der Waals surface area contributed by atoms with Gasteiger partial charge >= 0.3 is 6.43 Å². The highest BCUT2D eigenvalue weighted by molar-refractivity contribution is 7.13. The van der Waals surface area contributed by atoms with E-state index < -0.39 is 18.1 Å². The van der Waals surface area contributed by atoms with Crippen molar-refractivity contribution in [1.82, 2.24) is 20.4 Å². The van der Waals surface area contributed by atoms with Crippen molar-refractivity contribution in [1.29, 1.82) is 0 Å². The first-order valence-corrected chi connectivity index (χ1v) is 6.92. The number of hydrogen-bond acceptors (Lipinski definition) is 7. The van der Waals surface area contributed by atoms with Crippen LogP contribution in [-0.2, 0) is 6.54 Å². The minimum Gasteiger partial charge on any atom is -0.415 e. The number of rotatable bonds is 5. The van der Waals surface area contributed by atoms with Crippen LogP contribution in [0.5, 0.6) is 0 Å². The summed E-state index contributed by atoms with van der Waals surface area (Å²) in [6.45, 7) is 0.216. The summed E-state index contributed by atoms with van der Waals surface area (Å²) in [6.07, 6.45) is -2.86. The first kappa shape index (κ1) is 14.4. The second-order valence-corrected chi connectivity index (χ2v) is 4.98. The molecule has 0 saturated heterocycles. The van der Waals surface area contributed by atoms with Gasteiger partial charge in [0.15, 0.2) is 0 Å². The molecule has 2 heterocycles. The Morgan fingerprint density at radius 1 is 1.23 bits per heavy atom. The van der Waals surface area contributed by atoms with Crippen LogP contribution >= 0.6 is 11.3 Å². The van der Waals surface area contributed by atoms with Gasteiger partial charge in [-0.25, -0.2) is 4.39 Å². The van der Waals surface area contributed by atoms with E-state index in [-0.39, 0.29) is 18.0 Å². The molecule has 22 heavy (non-hydrogen) atoms. The smallest absolute Gasteiger partial charge is 0.314 e. The van der Waals surface area contributed by atoms with Gasteiger partial charge in [-0.05, 0) is 12.1 Å². The summed E-state index contributed by atoms with van der Waals surface area (Å²) >= 11 is 1.29. The number of aromatic nitrogens is 4. The molecule has 0 bridgehead atoms. The van der Waals surface area contributed by atoms with Crippen LogP contribution in [0.4, 0.5) is 18.3 Å². The number of halogens is 3. The molecule has 0 radical (unpaired) electrons. The van der Waals surface area contributed by atoms with Crippen molar-refractivity contribution in [2.45, 2.75) is 13.0 Å². The van der Waals surface area contributed by atoms with E-state index in [0.29, 0.717) is 10.7 Å². The Bertz CT molecular complexity index is 762. The fourth-order valence-electron chi connectivity index (χ4n) is 1.68. The summed E-state index contributed by atoms with van der Waals surface area (Å²) in [5.74, 6) is -1.47. The SMILES string of the molecule is Fc1cc(-c2nnc(C(F)F)o2)ccc1CNc1nncs1. The van der Waals surface area contributed by atoms with Crippen LogP contribution in [-0.4, -0.2) is 20.4 Å². The van der Waals surface area contributed by atoms with E-state index in [4.69, 9.17) is 4.42 Å². The number of nitrogens with zero attached hydrogens (tertiary/aromatic N) is 4. The Morgan fingerprint density at radius 3 is 2.73 bits per heavy atom. The molecule has 0 aliphatic carbocycles. The van der Waals surface area contributed by atoms with Gasteiger partial charge in [0.1, 0.15) is 11.3 Å². The van der Waals surface area contributed by atoms with Crippen LogP contribution in [0.25, 0.3) is 11.5 Å². The van der Waals surface area contributed by atoms with E-state index >= 15 is 0 Å². The van der Waals surface area contributed by atoms with Gasteiger partial charge in [0.2, 0.25) is 11.0 Å². The largest absolute Gasteiger partial charge is 0.415 e. The number of anilines is 1. The minimum absolute atomic E-state index is 0.155. The Kier molecular flexibility index (Phi) is 4.00. The van der Waals surface area contributed by atoms with E-state index in [2.05, 4.69) is 25.7 Å².